The molecule has 0 unspecified atom stereocenters. The first kappa shape index (κ1) is 10.2. The lowest BCUT2D eigenvalue weighted by Gasteiger charge is -2.23. The largest absolute Gasteiger partial charge is 0.497 e. The summed E-state index contributed by atoms with van der Waals surface area (Å²) in [5.74, 6) is 1.99. The van der Waals surface area contributed by atoms with E-state index in [1.807, 2.05) is 42.5 Å². The van der Waals surface area contributed by atoms with Gasteiger partial charge < -0.3 is 14.5 Å². The van der Waals surface area contributed by atoms with Crippen LogP contribution in [-0.4, -0.2) is 19.0 Å². The van der Waals surface area contributed by atoms with Crippen LogP contribution in [0.2, 0.25) is 0 Å². The number of ether oxygens (including phenoxy) is 2. The van der Waals surface area contributed by atoms with Crippen molar-refractivity contribution in [2.24, 2.45) is 0 Å². The summed E-state index contributed by atoms with van der Waals surface area (Å²) in [6.07, 6.45) is 0. The molecule has 3 rings (SSSR count). The Bertz CT molecular complexity index is 568. The van der Waals surface area contributed by atoms with Gasteiger partial charge in [-0.25, -0.2) is 0 Å². The van der Waals surface area contributed by atoms with E-state index in [0.29, 0.717) is 22.7 Å². The molecule has 0 fully saturated rings. The van der Waals surface area contributed by atoms with Crippen LogP contribution in [0.3, 0.4) is 0 Å². The number of hydrogen-bond acceptors (Lipinski definition) is 3. The van der Waals surface area contributed by atoms with Crippen LogP contribution in [0.1, 0.15) is 0 Å². The molecule has 0 radical (unpaired) electrons. The molecule has 3 nitrogen and oxygen atoms in total. The highest BCUT2D eigenvalue weighted by Gasteiger charge is 2.32. The lowest BCUT2D eigenvalue weighted by Crippen LogP contribution is -2.47. The van der Waals surface area contributed by atoms with E-state index in [0.717, 1.165) is 5.46 Å². The van der Waals surface area contributed by atoms with Gasteiger partial charge in [0, 0.05) is 5.46 Å². The average molecular weight is 226 g/mol. The molecule has 0 saturated carbocycles. The zero-order chi connectivity index (χ0) is 11.8. The molecule has 1 heterocycles. The highest BCUT2D eigenvalue weighted by Crippen LogP contribution is 2.27. The Labute approximate surface area is 99.7 Å². The molecule has 2 aromatic carbocycles. The van der Waals surface area contributed by atoms with E-state index in [1.165, 1.54) is 0 Å². The minimum absolute atomic E-state index is 0.643. The zero-order valence-corrected chi connectivity index (χ0v) is 9.38. The third-order valence-corrected chi connectivity index (χ3v) is 2.95. The average Bonchev–Trinajstić information content (AvgIpc) is 2.38. The molecule has 0 spiro atoms. The lowest BCUT2D eigenvalue weighted by atomic mass is 9.54. The number of para-hydroxylation sites is 1. The second-order valence-electron chi connectivity index (χ2n) is 3.91. The van der Waals surface area contributed by atoms with Gasteiger partial charge >= 0.3 is 6.92 Å². The number of hydrogen-bond donors (Lipinski definition) is 1. The van der Waals surface area contributed by atoms with Crippen molar-refractivity contribution in [2.75, 3.05) is 7.11 Å². The Morgan fingerprint density at radius 1 is 1.06 bits per heavy atom. The molecule has 0 amide bonds. The zero-order valence-electron chi connectivity index (χ0n) is 9.38. The first-order valence-corrected chi connectivity index (χ1v) is 5.43. The van der Waals surface area contributed by atoms with Crippen LogP contribution in [0.4, 0.5) is 0 Å². The molecule has 2 aromatic rings. The summed E-state index contributed by atoms with van der Waals surface area (Å²) in [6, 6.07) is 13.0. The molecular formula is C13H11BO3. The number of rotatable bonds is 1. The van der Waals surface area contributed by atoms with Gasteiger partial charge in [-0.05, 0) is 23.7 Å². The normalized spacial score (nSPS) is 12.5. The van der Waals surface area contributed by atoms with E-state index in [1.54, 1.807) is 7.11 Å². The lowest BCUT2D eigenvalue weighted by molar-refractivity contribution is 0.411. The maximum atomic E-state index is 10.4. The van der Waals surface area contributed by atoms with Crippen LogP contribution in [-0.2, 0) is 0 Å². The van der Waals surface area contributed by atoms with Gasteiger partial charge in [-0.3, -0.25) is 0 Å². The third kappa shape index (κ3) is 1.49. The van der Waals surface area contributed by atoms with Crippen LogP contribution < -0.4 is 20.4 Å². The van der Waals surface area contributed by atoms with Gasteiger partial charge in [0.15, 0.2) is 0 Å². The van der Waals surface area contributed by atoms with E-state index < -0.39 is 6.92 Å². The maximum Gasteiger partial charge on any atom is 0.370 e. The summed E-state index contributed by atoms with van der Waals surface area (Å²) in [5, 5.41) is 10.4. The summed E-state index contributed by atoms with van der Waals surface area (Å²) in [5.41, 5.74) is 1.46. The molecule has 0 bridgehead atoms. The fourth-order valence-corrected chi connectivity index (χ4v) is 2.13. The van der Waals surface area contributed by atoms with E-state index >= 15 is 0 Å². The van der Waals surface area contributed by atoms with Gasteiger partial charge in [0.25, 0.3) is 0 Å². The van der Waals surface area contributed by atoms with Gasteiger partial charge in [-0.1, -0.05) is 24.3 Å². The fourth-order valence-electron chi connectivity index (χ4n) is 2.13. The SMILES string of the molecule is COc1cccc2c1B(O)c1ccccc1O2. The predicted molar refractivity (Wildman–Crippen MR) is 66.8 cm³/mol. The van der Waals surface area contributed by atoms with E-state index in [9.17, 15) is 5.02 Å². The number of methoxy groups -OCH3 is 1. The van der Waals surface area contributed by atoms with Crippen molar-refractivity contribution in [1.82, 2.24) is 0 Å². The Kier molecular flexibility index (Phi) is 2.30. The summed E-state index contributed by atoms with van der Waals surface area (Å²) < 4.78 is 11.0. The molecule has 1 aliphatic rings. The summed E-state index contributed by atoms with van der Waals surface area (Å²) >= 11 is 0. The highest BCUT2D eigenvalue weighted by molar-refractivity contribution is 6.81. The van der Waals surface area contributed by atoms with Crippen molar-refractivity contribution in [3.63, 3.8) is 0 Å². The quantitative estimate of drug-likeness (QED) is 0.734. The Morgan fingerprint density at radius 2 is 1.82 bits per heavy atom. The van der Waals surface area contributed by atoms with Crippen LogP contribution in [0.25, 0.3) is 0 Å². The van der Waals surface area contributed by atoms with Gasteiger partial charge in [0.05, 0.1) is 7.11 Å². The van der Waals surface area contributed by atoms with Gasteiger partial charge in [0.2, 0.25) is 0 Å². The topological polar surface area (TPSA) is 38.7 Å². The van der Waals surface area contributed by atoms with E-state index in [-0.39, 0.29) is 0 Å². The smallest absolute Gasteiger partial charge is 0.370 e. The number of fused-ring (bicyclic) bond motifs is 2. The monoisotopic (exact) mass is 226 g/mol. The van der Waals surface area contributed by atoms with Crippen LogP contribution in [0.15, 0.2) is 42.5 Å². The van der Waals surface area contributed by atoms with Gasteiger partial charge in [-0.2, -0.15) is 0 Å². The summed E-state index contributed by atoms with van der Waals surface area (Å²) in [7, 11) is 1.59. The molecule has 1 N–H and O–H groups in total. The minimum atomic E-state index is -0.703. The van der Waals surface area contributed by atoms with Crippen LogP contribution in [0.5, 0.6) is 17.2 Å². The molecular weight excluding hydrogens is 215 g/mol. The van der Waals surface area contributed by atoms with Crippen LogP contribution >= 0.6 is 0 Å². The molecule has 4 heteroatoms. The Morgan fingerprint density at radius 3 is 2.65 bits per heavy atom. The van der Waals surface area contributed by atoms with Crippen molar-refractivity contribution in [3.05, 3.63) is 42.5 Å². The van der Waals surface area contributed by atoms with Gasteiger partial charge in [-0.15, -0.1) is 0 Å². The minimum Gasteiger partial charge on any atom is -0.497 e. The molecule has 1 aliphatic heterocycles. The summed E-state index contributed by atoms with van der Waals surface area (Å²) in [4.78, 5) is 0. The standard InChI is InChI=1S/C13H11BO3/c1-16-11-7-4-8-12-13(11)14(15)9-5-2-3-6-10(9)17-12/h2-8,15H,1H3. The molecule has 84 valence electrons. The molecule has 0 atom stereocenters. The second-order valence-corrected chi connectivity index (χ2v) is 3.91. The van der Waals surface area contributed by atoms with Crippen molar-refractivity contribution < 1.29 is 14.5 Å². The first-order chi connectivity index (χ1) is 8.31. The molecule has 0 aromatic heterocycles. The predicted octanol–water partition coefficient (Wildman–Crippen LogP) is 0.899. The Balaban J connectivity index is 2.20. The highest BCUT2D eigenvalue weighted by atomic mass is 16.5. The number of benzene rings is 2. The first-order valence-electron chi connectivity index (χ1n) is 5.43. The fraction of sp³-hybridized carbons (Fsp3) is 0.0769. The van der Waals surface area contributed by atoms with Crippen molar-refractivity contribution in [3.8, 4) is 17.2 Å². The van der Waals surface area contributed by atoms with Crippen molar-refractivity contribution in [2.45, 2.75) is 0 Å². The summed E-state index contributed by atoms with van der Waals surface area (Å²) in [6.45, 7) is -0.703. The molecule has 0 saturated heterocycles. The Hall–Kier alpha value is -1.94. The molecule has 17 heavy (non-hydrogen) atoms. The third-order valence-electron chi connectivity index (χ3n) is 2.95. The van der Waals surface area contributed by atoms with Crippen molar-refractivity contribution >= 4 is 17.8 Å². The maximum absolute atomic E-state index is 10.4. The van der Waals surface area contributed by atoms with Crippen LogP contribution in [0, 0.1) is 0 Å². The van der Waals surface area contributed by atoms with Crippen molar-refractivity contribution in [1.29, 1.82) is 0 Å². The van der Waals surface area contributed by atoms with Gasteiger partial charge in [0.1, 0.15) is 17.2 Å². The van der Waals surface area contributed by atoms with E-state index in [2.05, 4.69) is 0 Å². The molecule has 0 aliphatic carbocycles. The second kappa shape index (κ2) is 3.82. The van der Waals surface area contributed by atoms with E-state index in [4.69, 9.17) is 9.47 Å².